The van der Waals surface area contributed by atoms with Crippen LogP contribution in [-0.4, -0.2) is 0 Å². The van der Waals surface area contributed by atoms with E-state index in [-0.39, 0.29) is 5.41 Å². The van der Waals surface area contributed by atoms with Crippen molar-refractivity contribution >= 4 is 151 Å². The molecule has 0 heterocycles. The average Bonchev–Trinajstić information content (AvgIpc) is 1.58. The molecular weight excluding hydrogens is 1750 g/mol. The maximum absolute atomic E-state index is 5.75. The largest absolute Gasteiger partial charge is 0.0776 e. The Balaban J connectivity index is 0.000000117. The van der Waals surface area contributed by atoms with Crippen molar-refractivity contribution < 1.29 is 4.11 Å². The van der Waals surface area contributed by atoms with Crippen LogP contribution in [-0.2, 0) is 5.41 Å². The average molecular weight is 1860 g/mol. The zero-order chi connectivity index (χ0) is 101. The third kappa shape index (κ3) is 15.7. The van der Waals surface area contributed by atoms with Gasteiger partial charge in [0.2, 0.25) is 0 Å². The van der Waals surface area contributed by atoms with Gasteiger partial charge in [0.05, 0.1) is 0 Å². The maximum Gasteiger partial charge on any atom is 0.0194 e. The predicted molar refractivity (Wildman–Crippen MR) is 637 cm³/mol. The van der Waals surface area contributed by atoms with Crippen LogP contribution in [0, 0.1) is 0 Å². The van der Waals surface area contributed by atoms with Crippen LogP contribution in [0.1, 0.15) is 51.3 Å². The van der Waals surface area contributed by atoms with E-state index in [2.05, 4.69) is 548 Å². The first-order valence-corrected chi connectivity index (χ1v) is 49.9. The summed E-state index contributed by atoms with van der Waals surface area (Å²) in [6.45, 7) is 4.78. The molecule has 1 aliphatic carbocycles. The molecular formula is C146H106. The van der Waals surface area contributed by atoms with Crippen LogP contribution in [0.5, 0.6) is 0 Å². The second-order valence-electron chi connectivity index (χ2n) is 39.1. The topological polar surface area (TPSA) is 0 Å². The monoisotopic (exact) mass is 1860 g/mol. The lowest BCUT2D eigenvalue weighted by molar-refractivity contribution is 0.661. The molecule has 28 aromatic rings. The third-order valence-electron chi connectivity index (χ3n) is 30.6. The number of rotatable bonds is 10. The van der Waals surface area contributed by atoms with E-state index in [4.69, 9.17) is 4.11 Å². The van der Waals surface area contributed by atoms with Gasteiger partial charge in [-0.25, -0.2) is 0 Å². The quantitative estimate of drug-likeness (QED) is 0.120. The van der Waals surface area contributed by atoms with Gasteiger partial charge in [-0.05, 0) is 345 Å². The summed E-state index contributed by atoms with van der Waals surface area (Å²) >= 11 is 0. The Morgan fingerprint density at radius 2 is 0.349 bits per heavy atom. The fourth-order valence-electron chi connectivity index (χ4n) is 23.6. The van der Waals surface area contributed by atoms with Gasteiger partial charge in [0, 0.05) is 9.53 Å². The Labute approximate surface area is 857 Å². The van der Waals surface area contributed by atoms with E-state index < -0.39 is 0 Å². The molecule has 0 nitrogen and oxygen atoms in total. The minimum Gasteiger partial charge on any atom is -0.0776 e. The molecule has 0 spiro atoms. The lowest BCUT2D eigenvalue weighted by Gasteiger charge is -2.24. The normalized spacial score (nSPS) is 12.1. The maximum atomic E-state index is 5.75. The first-order valence-electron chi connectivity index (χ1n) is 52.9. The van der Waals surface area contributed by atoms with Gasteiger partial charge in [0.15, 0.2) is 0 Å². The Kier molecular flexibility index (Phi) is 22.2. The molecule has 0 bridgehead atoms. The molecule has 0 aliphatic heterocycles. The van der Waals surface area contributed by atoms with Crippen LogP contribution in [0.15, 0.2) is 534 Å². The molecule has 0 unspecified atom stereocenters. The molecule has 0 saturated carbocycles. The van der Waals surface area contributed by atoms with E-state index in [0.29, 0.717) is 0 Å². The summed E-state index contributed by atoms with van der Waals surface area (Å²) in [6.07, 6.45) is 0. The third-order valence-corrected chi connectivity index (χ3v) is 30.6. The molecule has 146 heavy (non-hydrogen) atoms. The molecule has 0 saturated heterocycles. The molecule has 29 rings (SSSR count). The smallest absolute Gasteiger partial charge is 0.0194 e. The minimum atomic E-state index is -0.119. The van der Waals surface area contributed by atoms with E-state index in [1.165, 1.54) is 307 Å². The van der Waals surface area contributed by atoms with Crippen molar-refractivity contribution in [3.05, 3.63) is 545 Å². The second kappa shape index (κ2) is 37.3. The second-order valence-corrected chi connectivity index (χ2v) is 39.1. The van der Waals surface area contributed by atoms with Crippen LogP contribution in [0.25, 0.3) is 273 Å². The zero-order valence-corrected chi connectivity index (χ0v) is 82.3. The molecule has 0 aromatic heterocycles. The van der Waals surface area contributed by atoms with Crippen molar-refractivity contribution in [1.29, 1.82) is 0 Å². The summed E-state index contributed by atoms with van der Waals surface area (Å²) in [7, 11) is 3.75. The van der Waals surface area contributed by atoms with E-state index in [0.717, 1.165) is 0 Å². The van der Waals surface area contributed by atoms with Crippen molar-refractivity contribution in [3.63, 3.8) is 0 Å². The van der Waals surface area contributed by atoms with Crippen molar-refractivity contribution in [1.82, 2.24) is 0 Å². The lowest BCUT2D eigenvalue weighted by atomic mass is 9.79. The SMILES string of the molecule is CC1(C)c2ccccc2-c2cc3c(-c4ccc5ccccc5c4)c4ccc(-c5ccc6ccccc6c5)cc4c(-c4ccc5ccccc5c4)c3cc21.[2H]C.[2H]C.[2H]C.c1ccc2c(-c3ccc(-c4c5ccccc5c(-c5cccc6ccccc56)c5ccccc45)cc3)cccc2c1.c1ccc2cc(-c3ccc(-c4c5ccccc5c(-c5ccc6ccccc6c5)c5cc(-c6ccc7ccccc7c6)ccc45)cc3)ccc2c1. The number of fused-ring (bicyclic) bond motifs is 17. The summed E-state index contributed by atoms with van der Waals surface area (Å²) in [5.74, 6) is 0. The Hall–Kier alpha value is -18.2. The molecule has 0 atom stereocenters. The molecule has 1 aliphatic rings. The summed E-state index contributed by atoms with van der Waals surface area (Å²) in [4.78, 5) is 0. The highest BCUT2D eigenvalue weighted by atomic mass is 14.4. The van der Waals surface area contributed by atoms with Gasteiger partial charge in [-0.1, -0.05) is 509 Å². The Bertz CT molecular complexity index is 10000. The fraction of sp³-hybridized carbons (Fsp3) is 0.0411. The standard InChI is InChI=1S/C53H36.C50H32.C40H26.3CH4/c1-53(2)49-18-10-9-17-43(49)45-31-47-48(32-50(45)53)52(42-24-21-35-13-5-8-16-38(35)29-42)46-30-40(39-22-19-33-11-3-6-14-36(33)27-39)25-26-44(46)51(47)41-23-20-34-12-4-7-15-37(34)28-41;1-4-12-38-29-41(24-19-33(38)9-1)36-17-22-37(23-18-36)49-45-15-7-8-16-46(45)50(44-26-21-35-11-3-6-14-40(35)31-44)48-32-43(27-28-47(48)49)42-25-20-34-10-2-5-13-39(34)30-42;1-3-15-31-27(11-1)13-9-21-32(31)29-23-25-30(26-24-29)39-35-17-5-7-19-37(35)40(38-20-8-6-18-36(38)39)34-22-10-14-28-12-2-4-16-33(28)34;;;/h3-32H,1-2H3;1-32H;1-26H;3*1H4/i;;;3*1D. The summed E-state index contributed by atoms with van der Waals surface area (Å²) < 4.78 is 17.2. The highest BCUT2D eigenvalue weighted by Crippen LogP contribution is 2.56. The van der Waals surface area contributed by atoms with Gasteiger partial charge < -0.3 is 0 Å². The van der Waals surface area contributed by atoms with Crippen LogP contribution in [0.3, 0.4) is 0 Å². The summed E-state index contributed by atoms with van der Waals surface area (Å²) in [5, 5.41) is 35.5. The van der Waals surface area contributed by atoms with Gasteiger partial charge in [-0.2, -0.15) is 0 Å². The molecule has 690 valence electrons. The molecule has 0 radical (unpaired) electrons. The minimum absolute atomic E-state index is 0.119. The fourth-order valence-corrected chi connectivity index (χ4v) is 23.6. The van der Waals surface area contributed by atoms with E-state index in [1.54, 1.807) is 0 Å². The molecule has 0 N–H and O–H groups in total. The van der Waals surface area contributed by atoms with Gasteiger partial charge in [0.1, 0.15) is 0 Å². The molecule has 28 aromatic carbocycles. The van der Waals surface area contributed by atoms with Crippen molar-refractivity contribution in [2.24, 2.45) is 0 Å². The molecule has 0 fully saturated rings. The van der Waals surface area contributed by atoms with Crippen molar-refractivity contribution in [2.75, 3.05) is 0 Å². The van der Waals surface area contributed by atoms with Crippen LogP contribution in [0.2, 0.25) is 0 Å². The lowest BCUT2D eigenvalue weighted by Crippen LogP contribution is -2.14. The van der Waals surface area contributed by atoms with Crippen LogP contribution >= 0.6 is 0 Å². The van der Waals surface area contributed by atoms with Gasteiger partial charge >= 0.3 is 0 Å². The Morgan fingerprint density at radius 1 is 0.123 bits per heavy atom. The van der Waals surface area contributed by atoms with E-state index in [1.807, 2.05) is 0 Å². The summed E-state index contributed by atoms with van der Waals surface area (Å²) in [6, 6.07) is 197. The highest BCUT2D eigenvalue weighted by molar-refractivity contribution is 6.27. The van der Waals surface area contributed by atoms with Crippen molar-refractivity contribution in [3.8, 4) is 122 Å². The number of hydrogen-bond acceptors (Lipinski definition) is 0. The van der Waals surface area contributed by atoms with Crippen molar-refractivity contribution in [2.45, 2.75) is 41.5 Å². The van der Waals surface area contributed by atoms with E-state index >= 15 is 0 Å². The van der Waals surface area contributed by atoms with E-state index in [9.17, 15) is 0 Å². The van der Waals surface area contributed by atoms with Gasteiger partial charge in [0.25, 0.3) is 0 Å². The Morgan fingerprint density at radius 3 is 0.740 bits per heavy atom. The van der Waals surface area contributed by atoms with Crippen LogP contribution < -0.4 is 0 Å². The summed E-state index contributed by atoms with van der Waals surface area (Å²) in [5.41, 5.74) is 30.4. The number of hydrogen-bond donors (Lipinski definition) is 0. The highest BCUT2D eigenvalue weighted by Gasteiger charge is 2.37. The molecule has 0 heteroatoms. The van der Waals surface area contributed by atoms with Gasteiger partial charge in [-0.3, -0.25) is 0 Å². The van der Waals surface area contributed by atoms with Gasteiger partial charge in [-0.15, -0.1) is 0 Å². The number of benzene rings is 28. The molecule has 0 amide bonds. The zero-order valence-electron chi connectivity index (χ0n) is 85.3. The predicted octanol–water partition coefficient (Wildman–Crippen LogP) is 42.1. The first kappa shape index (κ1) is 86.9. The van der Waals surface area contributed by atoms with Crippen LogP contribution in [0.4, 0.5) is 0 Å². The first-order chi connectivity index (χ1) is 73.6.